The minimum absolute atomic E-state index is 0.247. The van der Waals surface area contributed by atoms with E-state index >= 15 is 0 Å². The van der Waals surface area contributed by atoms with Gasteiger partial charge >= 0.3 is 0 Å². The van der Waals surface area contributed by atoms with E-state index < -0.39 is 39.0 Å². The molecule has 0 amide bonds. The van der Waals surface area contributed by atoms with Crippen molar-refractivity contribution in [3.63, 3.8) is 0 Å². The highest BCUT2D eigenvalue weighted by molar-refractivity contribution is 6.51. The van der Waals surface area contributed by atoms with E-state index in [1.807, 2.05) is 0 Å². The van der Waals surface area contributed by atoms with Crippen LogP contribution < -0.4 is 0 Å². The predicted molar refractivity (Wildman–Crippen MR) is 72.6 cm³/mol. The molecule has 3 nitrogen and oxygen atoms in total. The van der Waals surface area contributed by atoms with E-state index in [1.54, 1.807) is 0 Å². The van der Waals surface area contributed by atoms with Crippen LogP contribution in [0.2, 0.25) is 0 Å². The van der Waals surface area contributed by atoms with Crippen LogP contribution in [0, 0.1) is 5.92 Å². The number of hydrogen-bond donors (Lipinski definition) is 2. The summed E-state index contributed by atoms with van der Waals surface area (Å²) in [4.78, 5) is -4.45. The van der Waals surface area contributed by atoms with Crippen LogP contribution in [0.1, 0.15) is 12.8 Å². The summed E-state index contributed by atoms with van der Waals surface area (Å²) in [6.07, 6.45) is -3.40. The Kier molecular flexibility index (Phi) is 4.32. The SMILES string of the molecule is COC(O)C(O)CC1CC2(Cl)C(Cl)=C(Cl)C1(Cl)C2(F)F. The Hall–Kier alpha value is 0.640. The molecular formula is C11H12Cl4F2O3. The number of fused-ring (bicyclic) bond motifs is 2. The molecule has 2 N–H and O–H groups in total. The normalized spacial score (nSPS) is 42.1. The molecule has 0 aromatic rings. The topological polar surface area (TPSA) is 49.7 Å². The standard InChI is InChI=1S/C11H12Cl4F2O3/c1-20-8(19)5(18)2-4-3-9(14)6(12)7(13)10(4,15)11(9,16)17/h4-5,8,18-19H,2-3H2,1H3. The fourth-order valence-electron chi connectivity index (χ4n) is 2.84. The first-order valence-corrected chi connectivity index (χ1v) is 7.26. The second-order valence-electron chi connectivity index (χ2n) is 5.05. The van der Waals surface area contributed by atoms with E-state index in [0.717, 1.165) is 0 Å². The Morgan fingerprint density at radius 2 is 1.85 bits per heavy atom. The molecule has 2 aliphatic carbocycles. The average Bonchev–Trinajstić information content (AvgIpc) is 2.60. The van der Waals surface area contributed by atoms with Gasteiger partial charge in [-0.3, -0.25) is 0 Å². The summed E-state index contributed by atoms with van der Waals surface area (Å²) in [5.41, 5.74) is 0. The summed E-state index contributed by atoms with van der Waals surface area (Å²) < 4.78 is 33.3. The number of halogens is 6. The Bertz CT molecular complexity index is 461. The molecule has 0 saturated heterocycles. The first kappa shape index (κ1) is 17.0. The third kappa shape index (κ3) is 1.87. The van der Waals surface area contributed by atoms with E-state index in [0.29, 0.717) is 0 Å². The summed E-state index contributed by atoms with van der Waals surface area (Å²) >= 11 is 23.6. The third-order valence-electron chi connectivity index (χ3n) is 4.00. The largest absolute Gasteiger partial charge is 0.388 e. The molecule has 2 rings (SSSR count). The molecule has 0 aromatic carbocycles. The minimum atomic E-state index is -3.56. The number of allylic oxidation sites excluding steroid dienone is 2. The highest BCUT2D eigenvalue weighted by Crippen LogP contribution is 2.73. The van der Waals surface area contributed by atoms with Gasteiger partial charge in [0.05, 0.1) is 10.1 Å². The molecule has 0 aromatic heterocycles. The zero-order valence-corrected chi connectivity index (χ0v) is 13.2. The minimum Gasteiger partial charge on any atom is -0.388 e. The zero-order valence-electron chi connectivity index (χ0n) is 10.2. The van der Waals surface area contributed by atoms with Gasteiger partial charge < -0.3 is 14.9 Å². The number of methoxy groups -OCH3 is 1. The molecule has 0 spiro atoms. The number of rotatable bonds is 4. The van der Waals surface area contributed by atoms with Crippen molar-refractivity contribution in [2.45, 2.75) is 40.9 Å². The maximum Gasteiger partial charge on any atom is 0.295 e. The summed E-state index contributed by atoms with van der Waals surface area (Å²) in [7, 11) is 1.17. The molecule has 9 heteroatoms. The summed E-state index contributed by atoms with van der Waals surface area (Å²) in [6, 6.07) is 0. The summed E-state index contributed by atoms with van der Waals surface area (Å²) in [5, 5.41) is 18.3. The second-order valence-corrected chi connectivity index (χ2v) is 7.04. The van der Waals surface area contributed by atoms with Crippen molar-refractivity contribution in [1.29, 1.82) is 0 Å². The lowest BCUT2D eigenvalue weighted by molar-refractivity contribution is -0.150. The van der Waals surface area contributed by atoms with Gasteiger partial charge in [-0.15, -0.1) is 23.2 Å². The molecule has 20 heavy (non-hydrogen) atoms. The predicted octanol–water partition coefficient (Wildman–Crippen LogP) is 3.02. The van der Waals surface area contributed by atoms with Crippen LogP contribution in [-0.2, 0) is 4.74 Å². The van der Waals surface area contributed by atoms with Crippen LogP contribution in [-0.4, -0.2) is 45.4 Å². The van der Waals surface area contributed by atoms with Crippen LogP contribution in [0.25, 0.3) is 0 Å². The van der Waals surface area contributed by atoms with Crippen molar-refractivity contribution in [2.24, 2.45) is 5.92 Å². The molecule has 5 atom stereocenters. The van der Waals surface area contributed by atoms with Gasteiger partial charge in [0.15, 0.2) is 6.29 Å². The Balaban J connectivity index is 2.33. The quantitative estimate of drug-likeness (QED) is 0.590. The molecule has 2 bridgehead atoms. The molecule has 5 unspecified atom stereocenters. The molecule has 0 aliphatic heterocycles. The first-order valence-electron chi connectivity index (χ1n) is 5.74. The van der Waals surface area contributed by atoms with Crippen molar-refractivity contribution in [3.05, 3.63) is 10.1 Å². The van der Waals surface area contributed by atoms with Crippen LogP contribution >= 0.6 is 46.4 Å². The maximum atomic E-state index is 14.4. The molecule has 1 fully saturated rings. The Labute approximate surface area is 134 Å². The fourth-order valence-corrected chi connectivity index (χ4v) is 4.62. The summed E-state index contributed by atoms with van der Waals surface area (Å²) in [6.45, 7) is 0. The van der Waals surface area contributed by atoms with Crippen LogP contribution in [0.5, 0.6) is 0 Å². The van der Waals surface area contributed by atoms with Crippen LogP contribution in [0.4, 0.5) is 8.78 Å². The lowest BCUT2D eigenvalue weighted by atomic mass is 9.87. The smallest absolute Gasteiger partial charge is 0.295 e. The molecular weight excluding hydrogens is 360 g/mol. The van der Waals surface area contributed by atoms with Crippen molar-refractivity contribution in [3.8, 4) is 0 Å². The lowest BCUT2D eigenvalue weighted by Gasteiger charge is -2.32. The van der Waals surface area contributed by atoms with E-state index in [4.69, 9.17) is 46.4 Å². The highest BCUT2D eigenvalue weighted by Gasteiger charge is 2.81. The van der Waals surface area contributed by atoms with Gasteiger partial charge in [-0.25, -0.2) is 8.78 Å². The monoisotopic (exact) mass is 370 g/mol. The first-order chi connectivity index (χ1) is 9.04. The van der Waals surface area contributed by atoms with Crippen LogP contribution in [0.15, 0.2) is 10.1 Å². The van der Waals surface area contributed by atoms with E-state index in [9.17, 15) is 19.0 Å². The van der Waals surface area contributed by atoms with Crippen molar-refractivity contribution in [1.82, 2.24) is 0 Å². The van der Waals surface area contributed by atoms with E-state index in [2.05, 4.69) is 4.74 Å². The number of hydrogen-bond acceptors (Lipinski definition) is 3. The molecule has 2 aliphatic rings. The van der Waals surface area contributed by atoms with Crippen LogP contribution in [0.3, 0.4) is 0 Å². The average molecular weight is 372 g/mol. The van der Waals surface area contributed by atoms with Gasteiger partial charge in [0.25, 0.3) is 5.92 Å². The second kappa shape index (κ2) is 5.08. The number of aliphatic hydroxyl groups excluding tert-OH is 2. The maximum absolute atomic E-state index is 14.4. The highest BCUT2D eigenvalue weighted by atomic mass is 35.5. The van der Waals surface area contributed by atoms with Crippen molar-refractivity contribution < 1.29 is 23.7 Å². The zero-order chi connectivity index (χ0) is 15.5. The van der Waals surface area contributed by atoms with Crippen molar-refractivity contribution >= 4 is 46.4 Å². The molecule has 0 radical (unpaired) electrons. The fraction of sp³-hybridized carbons (Fsp3) is 0.818. The molecule has 1 saturated carbocycles. The Morgan fingerprint density at radius 3 is 2.25 bits per heavy atom. The van der Waals surface area contributed by atoms with Gasteiger partial charge in [-0.1, -0.05) is 23.2 Å². The Morgan fingerprint density at radius 1 is 1.30 bits per heavy atom. The van der Waals surface area contributed by atoms with E-state index in [-0.39, 0.29) is 17.9 Å². The van der Waals surface area contributed by atoms with Crippen molar-refractivity contribution in [2.75, 3.05) is 7.11 Å². The number of alkyl halides is 4. The van der Waals surface area contributed by atoms with E-state index in [1.165, 1.54) is 7.11 Å². The van der Waals surface area contributed by atoms with Gasteiger partial charge in [0.2, 0.25) is 0 Å². The molecule has 0 heterocycles. The van der Waals surface area contributed by atoms with Gasteiger partial charge in [-0.05, 0) is 18.8 Å². The molecule has 116 valence electrons. The van der Waals surface area contributed by atoms with Gasteiger partial charge in [0.1, 0.15) is 15.9 Å². The lowest BCUT2D eigenvalue weighted by Crippen LogP contribution is -2.47. The third-order valence-corrected chi connectivity index (χ3v) is 6.61. The van der Waals surface area contributed by atoms with Gasteiger partial charge in [0, 0.05) is 7.11 Å². The number of aliphatic hydroxyl groups is 2. The van der Waals surface area contributed by atoms with Gasteiger partial charge in [-0.2, -0.15) is 0 Å². The number of ether oxygens (including phenoxy) is 1. The summed E-state index contributed by atoms with van der Waals surface area (Å²) in [5.74, 6) is -4.51.